The molecule has 1 aliphatic rings. The largest absolute Gasteiger partial charge is 0.381 e. The Hall–Kier alpha value is -0.610. The molecule has 0 aromatic rings. The van der Waals surface area contributed by atoms with E-state index in [1.165, 1.54) is 6.42 Å². The van der Waals surface area contributed by atoms with Crippen LogP contribution in [0.3, 0.4) is 0 Å². The summed E-state index contributed by atoms with van der Waals surface area (Å²) in [5.74, 6) is 0.933. The molecule has 4 heteroatoms. The number of ether oxygens (including phenoxy) is 1. The van der Waals surface area contributed by atoms with Crippen molar-refractivity contribution in [1.29, 1.82) is 0 Å². The van der Waals surface area contributed by atoms with Crippen LogP contribution in [-0.4, -0.2) is 43.2 Å². The first kappa shape index (κ1) is 14.5. The van der Waals surface area contributed by atoms with Gasteiger partial charge in [-0.1, -0.05) is 13.3 Å². The van der Waals surface area contributed by atoms with Crippen molar-refractivity contribution in [2.24, 2.45) is 11.7 Å². The van der Waals surface area contributed by atoms with Gasteiger partial charge in [0.15, 0.2) is 0 Å². The van der Waals surface area contributed by atoms with Gasteiger partial charge in [-0.05, 0) is 25.7 Å². The van der Waals surface area contributed by atoms with Gasteiger partial charge in [0.2, 0.25) is 5.91 Å². The van der Waals surface area contributed by atoms with Gasteiger partial charge in [0, 0.05) is 25.7 Å². The maximum atomic E-state index is 12.0. The Balaban J connectivity index is 2.43. The van der Waals surface area contributed by atoms with Gasteiger partial charge in [-0.3, -0.25) is 4.79 Å². The molecule has 0 aliphatic carbocycles. The minimum atomic E-state index is 0.198. The van der Waals surface area contributed by atoms with Crippen molar-refractivity contribution in [3.8, 4) is 0 Å². The van der Waals surface area contributed by atoms with Gasteiger partial charge < -0.3 is 15.4 Å². The van der Waals surface area contributed by atoms with Crippen molar-refractivity contribution in [2.75, 3.05) is 26.3 Å². The summed E-state index contributed by atoms with van der Waals surface area (Å²) in [7, 11) is 0. The zero-order valence-corrected chi connectivity index (χ0v) is 11.2. The van der Waals surface area contributed by atoms with E-state index in [1.54, 1.807) is 0 Å². The van der Waals surface area contributed by atoms with Gasteiger partial charge >= 0.3 is 0 Å². The second-order valence-electron chi connectivity index (χ2n) is 4.72. The minimum absolute atomic E-state index is 0.198. The van der Waals surface area contributed by atoms with E-state index in [-0.39, 0.29) is 11.9 Å². The molecule has 0 aromatic heterocycles. The third-order valence-corrected chi connectivity index (χ3v) is 3.66. The Morgan fingerprint density at radius 1 is 1.47 bits per heavy atom. The predicted molar refractivity (Wildman–Crippen MR) is 68.7 cm³/mol. The highest BCUT2D eigenvalue weighted by atomic mass is 16.5. The zero-order valence-electron chi connectivity index (χ0n) is 11.2. The van der Waals surface area contributed by atoms with Crippen LogP contribution < -0.4 is 5.73 Å². The van der Waals surface area contributed by atoms with Crippen LogP contribution in [0, 0.1) is 5.92 Å². The summed E-state index contributed by atoms with van der Waals surface area (Å²) in [5, 5.41) is 0. The number of nitrogens with two attached hydrogens (primary N) is 1. The summed E-state index contributed by atoms with van der Waals surface area (Å²) < 4.78 is 5.23. The molecule has 17 heavy (non-hydrogen) atoms. The monoisotopic (exact) mass is 242 g/mol. The highest BCUT2D eigenvalue weighted by molar-refractivity contribution is 5.76. The number of rotatable bonds is 6. The fourth-order valence-corrected chi connectivity index (χ4v) is 2.50. The molecule has 2 atom stereocenters. The Morgan fingerprint density at radius 3 is 2.82 bits per heavy atom. The van der Waals surface area contributed by atoms with Crippen molar-refractivity contribution in [1.82, 2.24) is 4.90 Å². The summed E-state index contributed by atoms with van der Waals surface area (Å²) in [6.45, 7) is 6.80. The molecular formula is C13H26N2O2. The maximum Gasteiger partial charge on any atom is 0.225 e. The van der Waals surface area contributed by atoms with E-state index < -0.39 is 0 Å². The number of nitrogens with zero attached hydrogens (tertiary/aromatic N) is 1. The van der Waals surface area contributed by atoms with E-state index in [0.29, 0.717) is 26.2 Å². The fraction of sp³-hybridized carbons (Fsp3) is 0.923. The van der Waals surface area contributed by atoms with Crippen LogP contribution in [0.2, 0.25) is 0 Å². The number of hydrogen-bond acceptors (Lipinski definition) is 3. The smallest absolute Gasteiger partial charge is 0.225 e. The van der Waals surface area contributed by atoms with Crippen molar-refractivity contribution in [3.05, 3.63) is 0 Å². The number of carbonyl (C=O) groups excluding carboxylic acids is 1. The average molecular weight is 242 g/mol. The highest BCUT2D eigenvalue weighted by Crippen LogP contribution is 2.25. The summed E-state index contributed by atoms with van der Waals surface area (Å²) in [5.41, 5.74) is 5.78. The van der Waals surface area contributed by atoms with E-state index in [0.717, 1.165) is 25.3 Å². The summed E-state index contributed by atoms with van der Waals surface area (Å²) in [6.07, 6.45) is 3.86. The third-order valence-electron chi connectivity index (χ3n) is 3.66. The van der Waals surface area contributed by atoms with Crippen LogP contribution in [0.15, 0.2) is 0 Å². The lowest BCUT2D eigenvalue weighted by atomic mass is 9.88. The van der Waals surface area contributed by atoms with Gasteiger partial charge in [0.05, 0.1) is 13.0 Å². The third kappa shape index (κ3) is 4.28. The molecule has 0 aromatic carbocycles. The lowest BCUT2D eigenvalue weighted by Crippen LogP contribution is -2.49. The van der Waals surface area contributed by atoms with Crippen LogP contribution in [0.1, 0.15) is 39.5 Å². The van der Waals surface area contributed by atoms with Gasteiger partial charge in [-0.25, -0.2) is 0 Å². The molecule has 2 N–H and O–H groups in total. The van der Waals surface area contributed by atoms with Gasteiger partial charge in [0.25, 0.3) is 0 Å². The second-order valence-corrected chi connectivity index (χ2v) is 4.72. The standard InChI is InChI=1S/C13H26N2O2/c1-3-11-5-7-15(12(9-11)10-14)13(16)6-8-17-4-2/h11-12H,3-10,14H2,1-2H3. The maximum absolute atomic E-state index is 12.0. The van der Waals surface area contributed by atoms with E-state index in [2.05, 4.69) is 6.92 Å². The molecule has 1 heterocycles. The topological polar surface area (TPSA) is 55.6 Å². The molecule has 0 saturated carbocycles. The minimum Gasteiger partial charge on any atom is -0.381 e. The van der Waals surface area contributed by atoms with Crippen molar-refractivity contribution >= 4 is 5.91 Å². The van der Waals surface area contributed by atoms with Crippen molar-refractivity contribution < 1.29 is 9.53 Å². The number of amides is 1. The normalized spacial score (nSPS) is 25.0. The SMILES string of the molecule is CCOCCC(=O)N1CCC(CC)CC1CN. The van der Waals surface area contributed by atoms with Gasteiger partial charge in [-0.15, -0.1) is 0 Å². The molecule has 100 valence electrons. The summed E-state index contributed by atoms with van der Waals surface area (Å²) >= 11 is 0. The Labute approximate surface area is 104 Å². The predicted octanol–water partition coefficient (Wildman–Crippen LogP) is 1.39. The molecule has 0 bridgehead atoms. The van der Waals surface area contributed by atoms with Crippen LogP contribution in [0.5, 0.6) is 0 Å². The summed E-state index contributed by atoms with van der Waals surface area (Å²) in [6, 6.07) is 0.239. The lowest BCUT2D eigenvalue weighted by Gasteiger charge is -2.39. The van der Waals surface area contributed by atoms with E-state index >= 15 is 0 Å². The molecule has 0 spiro atoms. The van der Waals surface area contributed by atoms with E-state index in [4.69, 9.17) is 10.5 Å². The van der Waals surface area contributed by atoms with Gasteiger partial charge in [-0.2, -0.15) is 0 Å². The molecule has 1 fully saturated rings. The molecule has 1 saturated heterocycles. The highest BCUT2D eigenvalue weighted by Gasteiger charge is 2.29. The first-order chi connectivity index (χ1) is 8.22. The van der Waals surface area contributed by atoms with Crippen LogP contribution >= 0.6 is 0 Å². The molecule has 1 rings (SSSR count). The Kier molecular flexibility index (Phi) is 6.52. The number of carbonyl (C=O) groups is 1. The first-order valence-corrected chi connectivity index (χ1v) is 6.80. The number of hydrogen-bond donors (Lipinski definition) is 1. The van der Waals surface area contributed by atoms with Crippen LogP contribution in [-0.2, 0) is 9.53 Å². The first-order valence-electron chi connectivity index (χ1n) is 6.80. The molecule has 1 amide bonds. The molecule has 2 unspecified atom stereocenters. The van der Waals surface area contributed by atoms with E-state index in [1.807, 2.05) is 11.8 Å². The van der Waals surface area contributed by atoms with Gasteiger partial charge in [0.1, 0.15) is 0 Å². The number of likely N-dealkylation sites (tertiary alicyclic amines) is 1. The molecular weight excluding hydrogens is 216 g/mol. The van der Waals surface area contributed by atoms with Crippen LogP contribution in [0.4, 0.5) is 0 Å². The zero-order chi connectivity index (χ0) is 12.7. The van der Waals surface area contributed by atoms with Crippen molar-refractivity contribution in [3.63, 3.8) is 0 Å². The fourth-order valence-electron chi connectivity index (χ4n) is 2.50. The molecule has 0 radical (unpaired) electrons. The Bertz CT molecular complexity index is 233. The molecule has 1 aliphatic heterocycles. The number of piperidine rings is 1. The van der Waals surface area contributed by atoms with Crippen LogP contribution in [0.25, 0.3) is 0 Å². The Morgan fingerprint density at radius 2 is 2.24 bits per heavy atom. The lowest BCUT2D eigenvalue weighted by molar-refractivity contribution is -0.136. The second kappa shape index (κ2) is 7.67. The molecule has 4 nitrogen and oxygen atoms in total. The quantitative estimate of drug-likeness (QED) is 0.716. The average Bonchev–Trinajstić information content (AvgIpc) is 2.38. The van der Waals surface area contributed by atoms with E-state index in [9.17, 15) is 4.79 Å². The van der Waals surface area contributed by atoms with Crippen molar-refractivity contribution in [2.45, 2.75) is 45.6 Å². The summed E-state index contributed by atoms with van der Waals surface area (Å²) in [4.78, 5) is 14.0.